The minimum atomic E-state index is -0.827. The Morgan fingerprint density at radius 2 is 1.90 bits per heavy atom. The molecule has 1 fully saturated rings. The maximum Gasteiger partial charge on any atom is 0.240 e. The third-order valence-electron chi connectivity index (χ3n) is 3.86. The second-order valence-electron chi connectivity index (χ2n) is 7.15. The van der Waals surface area contributed by atoms with Crippen LogP contribution in [0, 0.1) is 0 Å². The predicted octanol–water partition coefficient (Wildman–Crippen LogP) is 2.36. The average molecular weight is 290 g/mol. The van der Waals surface area contributed by atoms with Crippen molar-refractivity contribution in [2.75, 3.05) is 6.61 Å². The standard InChI is InChI=1S/C17H26N2O2/c1-16(2,3)13-7-5-6-8-14(13)21-11-17(4,15(18)20)19-12-9-10-12/h5-8,12,19H,9-11H2,1-4H3,(H2,18,20). The number of carbonyl (C=O) groups is 1. The van der Waals surface area contributed by atoms with E-state index in [0.717, 1.165) is 24.2 Å². The average Bonchev–Trinajstić information content (AvgIpc) is 3.19. The summed E-state index contributed by atoms with van der Waals surface area (Å²) in [4.78, 5) is 11.8. The van der Waals surface area contributed by atoms with Crippen molar-refractivity contribution in [3.05, 3.63) is 29.8 Å². The monoisotopic (exact) mass is 290 g/mol. The molecule has 1 amide bonds. The lowest BCUT2D eigenvalue weighted by atomic mass is 9.86. The number of rotatable bonds is 6. The third kappa shape index (κ3) is 3.97. The summed E-state index contributed by atoms with van der Waals surface area (Å²) in [5.74, 6) is 0.442. The van der Waals surface area contributed by atoms with Crippen molar-refractivity contribution < 1.29 is 9.53 Å². The van der Waals surface area contributed by atoms with Crippen LogP contribution in [-0.4, -0.2) is 24.1 Å². The van der Waals surface area contributed by atoms with Gasteiger partial charge in [0, 0.05) is 6.04 Å². The van der Waals surface area contributed by atoms with Crippen LogP contribution < -0.4 is 15.8 Å². The summed E-state index contributed by atoms with van der Waals surface area (Å²) in [7, 11) is 0. The van der Waals surface area contributed by atoms with Crippen molar-refractivity contribution in [3.8, 4) is 5.75 Å². The van der Waals surface area contributed by atoms with E-state index in [0.29, 0.717) is 6.04 Å². The zero-order valence-electron chi connectivity index (χ0n) is 13.4. The molecule has 21 heavy (non-hydrogen) atoms. The fraction of sp³-hybridized carbons (Fsp3) is 0.588. The number of nitrogens with one attached hydrogen (secondary N) is 1. The van der Waals surface area contributed by atoms with E-state index in [1.807, 2.05) is 25.1 Å². The molecule has 0 aromatic heterocycles. The van der Waals surface area contributed by atoms with Gasteiger partial charge in [-0.1, -0.05) is 39.0 Å². The van der Waals surface area contributed by atoms with Crippen LogP contribution in [0.5, 0.6) is 5.75 Å². The Morgan fingerprint density at radius 1 is 1.29 bits per heavy atom. The van der Waals surface area contributed by atoms with E-state index < -0.39 is 5.54 Å². The van der Waals surface area contributed by atoms with Crippen LogP contribution in [0.4, 0.5) is 0 Å². The number of hydrogen-bond donors (Lipinski definition) is 2. The van der Waals surface area contributed by atoms with Gasteiger partial charge < -0.3 is 10.5 Å². The highest BCUT2D eigenvalue weighted by molar-refractivity contribution is 5.84. The van der Waals surface area contributed by atoms with E-state index in [9.17, 15) is 4.79 Å². The summed E-state index contributed by atoms with van der Waals surface area (Å²) < 4.78 is 5.96. The number of hydrogen-bond acceptors (Lipinski definition) is 3. The highest BCUT2D eigenvalue weighted by Crippen LogP contribution is 2.31. The molecule has 1 aliphatic rings. The first-order chi connectivity index (χ1) is 9.72. The van der Waals surface area contributed by atoms with E-state index in [2.05, 4.69) is 32.2 Å². The van der Waals surface area contributed by atoms with Crippen molar-refractivity contribution >= 4 is 5.91 Å². The van der Waals surface area contributed by atoms with Crippen LogP contribution in [0.25, 0.3) is 0 Å². The zero-order valence-corrected chi connectivity index (χ0v) is 13.4. The van der Waals surface area contributed by atoms with Crippen LogP contribution in [0.3, 0.4) is 0 Å². The number of para-hydroxylation sites is 1. The molecule has 1 saturated carbocycles. The molecule has 4 heteroatoms. The van der Waals surface area contributed by atoms with Crippen molar-refractivity contribution in [1.82, 2.24) is 5.32 Å². The van der Waals surface area contributed by atoms with Gasteiger partial charge in [0.05, 0.1) is 0 Å². The van der Waals surface area contributed by atoms with Crippen LogP contribution in [0.1, 0.15) is 46.1 Å². The summed E-state index contributed by atoms with van der Waals surface area (Å²) in [6.45, 7) is 8.49. The number of nitrogens with two attached hydrogens (primary N) is 1. The molecule has 0 aliphatic heterocycles. The number of ether oxygens (including phenoxy) is 1. The largest absolute Gasteiger partial charge is 0.491 e. The molecule has 0 saturated heterocycles. The molecule has 4 nitrogen and oxygen atoms in total. The van der Waals surface area contributed by atoms with Gasteiger partial charge in [-0.25, -0.2) is 0 Å². The molecule has 1 aromatic rings. The number of benzene rings is 1. The van der Waals surface area contributed by atoms with E-state index in [-0.39, 0.29) is 17.9 Å². The Morgan fingerprint density at radius 3 is 2.43 bits per heavy atom. The Kier molecular flexibility index (Phi) is 4.28. The quantitative estimate of drug-likeness (QED) is 0.845. The third-order valence-corrected chi connectivity index (χ3v) is 3.86. The molecule has 0 heterocycles. The minimum absolute atomic E-state index is 0.0103. The molecule has 0 bridgehead atoms. The predicted molar refractivity (Wildman–Crippen MR) is 84.4 cm³/mol. The fourth-order valence-electron chi connectivity index (χ4n) is 2.30. The van der Waals surface area contributed by atoms with Crippen molar-refractivity contribution in [2.45, 2.75) is 57.5 Å². The lowest BCUT2D eigenvalue weighted by Gasteiger charge is -2.29. The van der Waals surface area contributed by atoms with Crippen LogP contribution in [-0.2, 0) is 10.2 Å². The van der Waals surface area contributed by atoms with Crippen LogP contribution >= 0.6 is 0 Å². The molecular weight excluding hydrogens is 264 g/mol. The normalized spacial score (nSPS) is 18.1. The number of primary amides is 1. The van der Waals surface area contributed by atoms with Crippen LogP contribution in [0.2, 0.25) is 0 Å². The highest BCUT2D eigenvalue weighted by Gasteiger charge is 2.38. The zero-order chi connectivity index (χ0) is 15.7. The first kappa shape index (κ1) is 15.8. The molecule has 1 aliphatic carbocycles. The minimum Gasteiger partial charge on any atom is -0.491 e. The van der Waals surface area contributed by atoms with Gasteiger partial charge in [-0.2, -0.15) is 0 Å². The molecule has 3 N–H and O–H groups in total. The number of amides is 1. The van der Waals surface area contributed by atoms with Gasteiger partial charge in [0.1, 0.15) is 17.9 Å². The van der Waals surface area contributed by atoms with E-state index >= 15 is 0 Å². The van der Waals surface area contributed by atoms with E-state index in [1.165, 1.54) is 0 Å². The fourth-order valence-corrected chi connectivity index (χ4v) is 2.30. The van der Waals surface area contributed by atoms with E-state index in [1.54, 1.807) is 0 Å². The molecule has 1 unspecified atom stereocenters. The topological polar surface area (TPSA) is 64.3 Å². The SMILES string of the molecule is CC(COc1ccccc1C(C)(C)C)(NC1CC1)C(N)=O. The first-order valence-corrected chi connectivity index (χ1v) is 7.52. The van der Waals surface area contributed by atoms with Gasteiger partial charge in [-0.05, 0) is 36.8 Å². The molecular formula is C17H26N2O2. The maximum absolute atomic E-state index is 11.8. The lowest BCUT2D eigenvalue weighted by Crippen LogP contribution is -2.57. The smallest absolute Gasteiger partial charge is 0.240 e. The first-order valence-electron chi connectivity index (χ1n) is 7.52. The second kappa shape index (κ2) is 5.68. The van der Waals surface area contributed by atoms with Crippen molar-refractivity contribution in [1.29, 1.82) is 0 Å². The summed E-state index contributed by atoms with van der Waals surface area (Å²) in [6, 6.07) is 8.34. The molecule has 116 valence electrons. The van der Waals surface area contributed by atoms with Crippen molar-refractivity contribution in [2.24, 2.45) is 5.73 Å². The van der Waals surface area contributed by atoms with Gasteiger partial charge >= 0.3 is 0 Å². The van der Waals surface area contributed by atoms with Gasteiger partial charge in [0.25, 0.3) is 0 Å². The lowest BCUT2D eigenvalue weighted by molar-refractivity contribution is -0.125. The van der Waals surface area contributed by atoms with Crippen molar-refractivity contribution in [3.63, 3.8) is 0 Å². The Balaban J connectivity index is 2.12. The Labute approximate surface area is 127 Å². The summed E-state index contributed by atoms with van der Waals surface area (Å²) in [5.41, 5.74) is 5.84. The van der Waals surface area contributed by atoms with Gasteiger partial charge in [0.2, 0.25) is 5.91 Å². The number of carbonyl (C=O) groups excluding carboxylic acids is 1. The second-order valence-corrected chi connectivity index (χ2v) is 7.15. The van der Waals surface area contributed by atoms with Crippen LogP contribution in [0.15, 0.2) is 24.3 Å². The Hall–Kier alpha value is -1.55. The van der Waals surface area contributed by atoms with Gasteiger partial charge in [0.15, 0.2) is 0 Å². The Bertz CT molecular complexity index is 518. The molecule has 0 radical (unpaired) electrons. The van der Waals surface area contributed by atoms with Gasteiger partial charge in [-0.15, -0.1) is 0 Å². The molecule has 1 atom stereocenters. The molecule has 2 rings (SSSR count). The summed E-state index contributed by atoms with van der Waals surface area (Å²) >= 11 is 0. The molecule has 1 aromatic carbocycles. The summed E-state index contributed by atoms with van der Waals surface area (Å²) in [5, 5.41) is 3.30. The van der Waals surface area contributed by atoms with Gasteiger partial charge in [-0.3, -0.25) is 10.1 Å². The maximum atomic E-state index is 11.8. The summed E-state index contributed by atoms with van der Waals surface area (Å²) in [6.07, 6.45) is 2.20. The molecule has 0 spiro atoms. The highest BCUT2D eigenvalue weighted by atomic mass is 16.5. The van der Waals surface area contributed by atoms with E-state index in [4.69, 9.17) is 10.5 Å².